The average Bonchev–Trinajstić information content (AvgIpc) is 3.09. The molecule has 22 heavy (non-hydrogen) atoms. The van der Waals surface area contributed by atoms with Gasteiger partial charge in [-0.2, -0.15) is 0 Å². The standard InChI is InChI=1S/C21H30O/c1-7-15-18(13-22)21(15,6)14-8-9-16-17(12-14)20(4,5)11-10-19(16,2)3/h8-9,12-13,15,18H,7,10-11H2,1-6H3/t15-,18-,21+/m0/s1. The normalized spacial score (nSPS) is 34.8. The Morgan fingerprint density at radius 2 is 1.64 bits per heavy atom. The molecule has 120 valence electrons. The second-order valence-electron chi connectivity index (χ2n) is 8.99. The monoisotopic (exact) mass is 298 g/mol. The molecule has 1 aromatic carbocycles. The summed E-state index contributed by atoms with van der Waals surface area (Å²) >= 11 is 0. The molecule has 0 unspecified atom stereocenters. The van der Waals surface area contributed by atoms with Gasteiger partial charge in [0.25, 0.3) is 0 Å². The Balaban J connectivity index is 2.10. The summed E-state index contributed by atoms with van der Waals surface area (Å²) in [4.78, 5) is 11.4. The predicted octanol–water partition coefficient (Wildman–Crippen LogP) is 5.15. The van der Waals surface area contributed by atoms with Crippen LogP contribution in [-0.2, 0) is 21.0 Å². The summed E-state index contributed by atoms with van der Waals surface area (Å²) in [6.45, 7) is 14.0. The van der Waals surface area contributed by atoms with Gasteiger partial charge in [0.1, 0.15) is 6.29 Å². The second kappa shape index (κ2) is 4.69. The van der Waals surface area contributed by atoms with Gasteiger partial charge in [-0.05, 0) is 46.3 Å². The van der Waals surface area contributed by atoms with E-state index in [0.29, 0.717) is 5.92 Å². The van der Waals surface area contributed by atoms with Gasteiger partial charge in [-0.1, -0.05) is 66.2 Å². The fourth-order valence-electron chi connectivity index (χ4n) is 4.88. The molecule has 2 aliphatic carbocycles. The van der Waals surface area contributed by atoms with Crippen molar-refractivity contribution < 1.29 is 4.79 Å². The number of hydrogen-bond donors (Lipinski definition) is 0. The summed E-state index contributed by atoms with van der Waals surface area (Å²) in [6.07, 6.45) is 4.76. The maximum absolute atomic E-state index is 11.4. The maximum Gasteiger partial charge on any atom is 0.124 e. The Morgan fingerprint density at radius 1 is 1.05 bits per heavy atom. The van der Waals surface area contributed by atoms with Gasteiger partial charge in [-0.15, -0.1) is 0 Å². The van der Waals surface area contributed by atoms with Crippen molar-refractivity contribution in [3.8, 4) is 0 Å². The predicted molar refractivity (Wildman–Crippen MR) is 92.4 cm³/mol. The number of fused-ring (bicyclic) bond motifs is 1. The van der Waals surface area contributed by atoms with Crippen molar-refractivity contribution in [2.24, 2.45) is 11.8 Å². The molecular formula is C21H30O. The smallest absolute Gasteiger partial charge is 0.124 e. The van der Waals surface area contributed by atoms with Crippen LogP contribution in [-0.4, -0.2) is 6.29 Å². The summed E-state index contributed by atoms with van der Waals surface area (Å²) < 4.78 is 0. The molecule has 0 heterocycles. The lowest BCUT2D eigenvalue weighted by Crippen LogP contribution is -2.34. The van der Waals surface area contributed by atoms with Gasteiger partial charge >= 0.3 is 0 Å². The first-order valence-electron chi connectivity index (χ1n) is 8.79. The molecule has 0 bridgehead atoms. The van der Waals surface area contributed by atoms with Gasteiger partial charge in [0.05, 0.1) is 0 Å². The summed E-state index contributed by atoms with van der Waals surface area (Å²) in [7, 11) is 0. The van der Waals surface area contributed by atoms with E-state index in [0.717, 1.165) is 6.42 Å². The Morgan fingerprint density at radius 3 is 2.14 bits per heavy atom. The molecule has 1 nitrogen and oxygen atoms in total. The molecule has 1 saturated carbocycles. The highest BCUT2D eigenvalue weighted by Gasteiger charge is 2.61. The minimum Gasteiger partial charge on any atom is -0.303 e. The zero-order valence-corrected chi connectivity index (χ0v) is 15.0. The third kappa shape index (κ3) is 2.01. The molecule has 1 heteroatoms. The number of hydrogen-bond acceptors (Lipinski definition) is 1. The second-order valence-corrected chi connectivity index (χ2v) is 8.99. The first-order valence-corrected chi connectivity index (χ1v) is 8.79. The minimum absolute atomic E-state index is 0.0587. The quantitative estimate of drug-likeness (QED) is 0.705. The molecular weight excluding hydrogens is 268 g/mol. The van der Waals surface area contributed by atoms with Gasteiger partial charge in [0.2, 0.25) is 0 Å². The number of aldehydes is 1. The lowest BCUT2D eigenvalue weighted by atomic mass is 9.62. The molecule has 3 atom stereocenters. The summed E-state index contributed by atoms with van der Waals surface area (Å²) in [5.74, 6) is 0.720. The van der Waals surface area contributed by atoms with E-state index in [-0.39, 0.29) is 22.2 Å². The summed E-state index contributed by atoms with van der Waals surface area (Å²) in [5.41, 5.74) is 4.96. The number of carbonyl (C=O) groups is 1. The number of benzene rings is 1. The molecule has 3 rings (SSSR count). The van der Waals surface area contributed by atoms with E-state index in [1.165, 1.54) is 35.8 Å². The highest BCUT2D eigenvalue weighted by Crippen LogP contribution is 2.61. The fraction of sp³-hybridized carbons (Fsp3) is 0.667. The third-order valence-corrected chi connectivity index (χ3v) is 6.85. The SMILES string of the molecule is CC[C@H]1[C@H](C=O)[C@]1(C)c1ccc2c(c1)C(C)(C)CCC2(C)C. The first kappa shape index (κ1) is 15.8. The van der Waals surface area contributed by atoms with E-state index in [2.05, 4.69) is 59.7 Å². The maximum atomic E-state index is 11.4. The molecule has 0 aliphatic heterocycles. The van der Waals surface area contributed by atoms with Crippen LogP contribution in [0.2, 0.25) is 0 Å². The van der Waals surface area contributed by atoms with Crippen LogP contribution in [0.15, 0.2) is 18.2 Å². The molecule has 0 N–H and O–H groups in total. The summed E-state index contributed by atoms with van der Waals surface area (Å²) in [5, 5.41) is 0. The van der Waals surface area contributed by atoms with E-state index >= 15 is 0 Å². The van der Waals surface area contributed by atoms with Crippen LogP contribution in [0.4, 0.5) is 0 Å². The first-order chi connectivity index (χ1) is 10.2. The van der Waals surface area contributed by atoms with E-state index < -0.39 is 0 Å². The molecule has 2 aliphatic rings. The Bertz CT molecular complexity index is 610. The van der Waals surface area contributed by atoms with Crippen LogP contribution < -0.4 is 0 Å². The molecule has 1 aromatic rings. The van der Waals surface area contributed by atoms with Crippen LogP contribution >= 0.6 is 0 Å². The molecule has 1 fully saturated rings. The van der Waals surface area contributed by atoms with Crippen LogP contribution in [0.1, 0.15) is 77.5 Å². The largest absolute Gasteiger partial charge is 0.303 e. The lowest BCUT2D eigenvalue weighted by molar-refractivity contribution is -0.109. The van der Waals surface area contributed by atoms with Crippen molar-refractivity contribution in [2.45, 2.75) is 77.0 Å². The van der Waals surface area contributed by atoms with E-state index in [1.807, 2.05) is 0 Å². The Hall–Kier alpha value is -1.11. The average molecular weight is 298 g/mol. The van der Waals surface area contributed by atoms with Crippen molar-refractivity contribution >= 4 is 6.29 Å². The summed E-state index contributed by atoms with van der Waals surface area (Å²) in [6, 6.07) is 7.08. The van der Waals surface area contributed by atoms with Crippen molar-refractivity contribution in [3.05, 3.63) is 34.9 Å². The Kier molecular flexibility index (Phi) is 3.36. The number of rotatable bonds is 3. The zero-order chi connectivity index (χ0) is 16.3. The van der Waals surface area contributed by atoms with E-state index in [4.69, 9.17) is 0 Å². The molecule has 0 amide bonds. The van der Waals surface area contributed by atoms with Crippen LogP contribution in [0.5, 0.6) is 0 Å². The van der Waals surface area contributed by atoms with Crippen LogP contribution in [0.3, 0.4) is 0 Å². The molecule has 0 aromatic heterocycles. The van der Waals surface area contributed by atoms with Crippen molar-refractivity contribution in [3.63, 3.8) is 0 Å². The van der Waals surface area contributed by atoms with Crippen molar-refractivity contribution in [1.29, 1.82) is 0 Å². The molecule has 0 spiro atoms. The lowest BCUT2D eigenvalue weighted by Gasteiger charge is -2.42. The highest BCUT2D eigenvalue weighted by molar-refractivity contribution is 5.66. The van der Waals surface area contributed by atoms with Gasteiger partial charge in [-0.3, -0.25) is 0 Å². The Labute approximate surface area is 135 Å². The van der Waals surface area contributed by atoms with Crippen molar-refractivity contribution in [1.82, 2.24) is 0 Å². The minimum atomic E-state index is 0.0587. The number of carbonyl (C=O) groups excluding carboxylic acids is 1. The van der Waals surface area contributed by atoms with Crippen molar-refractivity contribution in [2.75, 3.05) is 0 Å². The van der Waals surface area contributed by atoms with Gasteiger partial charge in [0.15, 0.2) is 0 Å². The van der Waals surface area contributed by atoms with Gasteiger partial charge in [0, 0.05) is 11.3 Å². The van der Waals surface area contributed by atoms with Crippen LogP contribution in [0, 0.1) is 11.8 Å². The molecule has 0 saturated heterocycles. The van der Waals surface area contributed by atoms with Gasteiger partial charge < -0.3 is 4.79 Å². The van der Waals surface area contributed by atoms with Crippen LogP contribution in [0.25, 0.3) is 0 Å². The van der Waals surface area contributed by atoms with E-state index in [1.54, 1.807) is 0 Å². The highest BCUT2D eigenvalue weighted by atomic mass is 16.1. The van der Waals surface area contributed by atoms with E-state index in [9.17, 15) is 4.79 Å². The zero-order valence-electron chi connectivity index (χ0n) is 15.0. The molecule has 0 radical (unpaired) electrons. The topological polar surface area (TPSA) is 17.1 Å². The fourth-order valence-corrected chi connectivity index (χ4v) is 4.88. The third-order valence-electron chi connectivity index (χ3n) is 6.85. The van der Waals surface area contributed by atoms with Gasteiger partial charge in [-0.25, -0.2) is 0 Å².